The molecule has 1 atom stereocenters. The lowest BCUT2D eigenvalue weighted by Gasteiger charge is -2.13. The summed E-state index contributed by atoms with van der Waals surface area (Å²) in [4.78, 5) is 11.2. The molecule has 7 nitrogen and oxygen atoms in total. The van der Waals surface area contributed by atoms with Gasteiger partial charge in [0.05, 0.1) is 5.69 Å². The molecule has 0 bridgehead atoms. The molecule has 112 valence electrons. The van der Waals surface area contributed by atoms with Gasteiger partial charge in [-0.25, -0.2) is 26.4 Å². The van der Waals surface area contributed by atoms with Crippen LogP contribution in [-0.2, 0) is 24.7 Å². The van der Waals surface area contributed by atoms with Gasteiger partial charge in [-0.1, -0.05) is 0 Å². The number of amides is 1. The predicted molar refractivity (Wildman–Crippen MR) is 70.7 cm³/mol. The van der Waals surface area contributed by atoms with Crippen molar-refractivity contribution in [3.05, 3.63) is 24.0 Å². The summed E-state index contributed by atoms with van der Waals surface area (Å²) in [6, 6.07) is 2.48. The Hall–Kier alpha value is -1.52. The van der Waals surface area contributed by atoms with Crippen LogP contribution >= 0.6 is 0 Å². The number of nitrogens with two attached hydrogens (primary N) is 1. The fourth-order valence-electron chi connectivity index (χ4n) is 1.28. The molecule has 1 aromatic carbocycles. The number of carbonyl (C=O) groups is 1. The van der Waals surface area contributed by atoms with Crippen LogP contribution in [0.2, 0.25) is 0 Å². The van der Waals surface area contributed by atoms with Crippen LogP contribution in [0.15, 0.2) is 23.1 Å². The average molecular weight is 324 g/mol. The third kappa shape index (κ3) is 3.99. The third-order valence-corrected chi connectivity index (χ3v) is 4.99. The summed E-state index contributed by atoms with van der Waals surface area (Å²) in [5, 5.41) is 5.55. The highest BCUT2D eigenvalue weighted by Crippen LogP contribution is 2.21. The number of rotatable bonds is 4. The molecular weight excluding hydrogens is 311 g/mol. The standard InChI is InChI=1S/C10H13FN2O5S2/c1-6(19(2,15)16)10(14)13-8-5-7(11)3-4-9(8)20(12,17)18/h3-6H,1-2H3,(H,13,14)(H2,12,17,18). The second-order valence-corrected chi connectivity index (χ2v) is 8.04. The van der Waals surface area contributed by atoms with E-state index in [0.717, 1.165) is 31.4 Å². The molecule has 0 heterocycles. The molecular formula is C10H13FN2O5S2. The zero-order chi connectivity index (χ0) is 15.7. The van der Waals surface area contributed by atoms with Crippen LogP contribution in [0.1, 0.15) is 6.92 Å². The molecule has 0 aliphatic carbocycles. The molecule has 0 saturated heterocycles. The Morgan fingerprint density at radius 2 is 1.85 bits per heavy atom. The maximum Gasteiger partial charge on any atom is 0.242 e. The molecule has 20 heavy (non-hydrogen) atoms. The predicted octanol–water partition coefficient (Wildman–Crippen LogP) is -0.155. The van der Waals surface area contributed by atoms with Gasteiger partial charge in [-0.15, -0.1) is 0 Å². The first-order valence-corrected chi connectivity index (χ1v) is 8.75. The molecule has 0 aromatic heterocycles. The summed E-state index contributed by atoms with van der Waals surface area (Å²) in [6.45, 7) is 1.13. The van der Waals surface area contributed by atoms with Gasteiger partial charge in [-0.05, 0) is 25.1 Å². The Morgan fingerprint density at radius 3 is 2.30 bits per heavy atom. The summed E-state index contributed by atoms with van der Waals surface area (Å²) in [5.41, 5.74) is -0.409. The van der Waals surface area contributed by atoms with E-state index >= 15 is 0 Å². The molecule has 0 fully saturated rings. The van der Waals surface area contributed by atoms with E-state index in [9.17, 15) is 26.0 Å². The van der Waals surface area contributed by atoms with Crippen LogP contribution in [0, 0.1) is 5.82 Å². The van der Waals surface area contributed by atoms with E-state index in [2.05, 4.69) is 0 Å². The maximum atomic E-state index is 13.1. The lowest BCUT2D eigenvalue weighted by atomic mass is 10.3. The van der Waals surface area contributed by atoms with Crippen LogP contribution in [0.4, 0.5) is 10.1 Å². The molecule has 1 aromatic rings. The highest BCUT2D eigenvalue weighted by atomic mass is 32.2. The number of carbonyl (C=O) groups excluding carboxylic acids is 1. The number of halogens is 1. The second-order valence-electron chi connectivity index (χ2n) is 4.15. The van der Waals surface area contributed by atoms with Crippen molar-refractivity contribution in [3.8, 4) is 0 Å². The van der Waals surface area contributed by atoms with Gasteiger partial charge in [-0.2, -0.15) is 0 Å². The monoisotopic (exact) mass is 324 g/mol. The SMILES string of the molecule is CC(C(=O)Nc1cc(F)ccc1S(N)(=O)=O)S(C)(=O)=O. The maximum absolute atomic E-state index is 13.1. The number of hydrogen-bond acceptors (Lipinski definition) is 5. The summed E-state index contributed by atoms with van der Waals surface area (Å²) in [6.07, 6.45) is 0.851. The van der Waals surface area contributed by atoms with Crippen LogP contribution < -0.4 is 10.5 Å². The van der Waals surface area contributed by atoms with E-state index in [1.807, 2.05) is 5.32 Å². The zero-order valence-electron chi connectivity index (χ0n) is 10.6. The Morgan fingerprint density at radius 1 is 1.30 bits per heavy atom. The van der Waals surface area contributed by atoms with E-state index in [0.29, 0.717) is 0 Å². The first kappa shape index (κ1) is 16.5. The number of sulfone groups is 1. The number of hydrogen-bond donors (Lipinski definition) is 2. The zero-order valence-corrected chi connectivity index (χ0v) is 12.3. The minimum absolute atomic E-state index is 0.409. The van der Waals surface area contributed by atoms with Gasteiger partial charge >= 0.3 is 0 Å². The van der Waals surface area contributed by atoms with E-state index in [1.165, 1.54) is 0 Å². The molecule has 1 rings (SSSR count). The third-order valence-electron chi connectivity index (χ3n) is 2.52. The van der Waals surface area contributed by atoms with Gasteiger partial charge in [0, 0.05) is 6.26 Å². The number of anilines is 1. The normalized spacial score (nSPS) is 13.8. The van der Waals surface area contributed by atoms with Crippen molar-refractivity contribution in [3.63, 3.8) is 0 Å². The number of primary sulfonamides is 1. The van der Waals surface area contributed by atoms with Crippen molar-refractivity contribution in [2.24, 2.45) is 5.14 Å². The minimum atomic E-state index is -4.19. The molecule has 0 aliphatic rings. The van der Waals surface area contributed by atoms with Crippen molar-refractivity contribution in [2.45, 2.75) is 17.1 Å². The summed E-state index contributed by atoms with van der Waals surface area (Å²) >= 11 is 0. The Bertz CT molecular complexity index is 743. The minimum Gasteiger partial charge on any atom is -0.324 e. The van der Waals surface area contributed by atoms with Crippen LogP contribution in [0.5, 0.6) is 0 Å². The van der Waals surface area contributed by atoms with E-state index in [4.69, 9.17) is 5.14 Å². The largest absolute Gasteiger partial charge is 0.324 e. The topological polar surface area (TPSA) is 123 Å². The van der Waals surface area contributed by atoms with Gasteiger partial charge in [0.1, 0.15) is 16.0 Å². The van der Waals surface area contributed by atoms with Crippen molar-refractivity contribution in [1.29, 1.82) is 0 Å². The smallest absolute Gasteiger partial charge is 0.242 e. The van der Waals surface area contributed by atoms with Gasteiger partial charge in [0.15, 0.2) is 9.84 Å². The highest BCUT2D eigenvalue weighted by molar-refractivity contribution is 7.92. The molecule has 0 saturated carbocycles. The van der Waals surface area contributed by atoms with Crippen molar-refractivity contribution < 1.29 is 26.0 Å². The molecule has 1 amide bonds. The van der Waals surface area contributed by atoms with Gasteiger partial charge in [-0.3, -0.25) is 4.79 Å². The van der Waals surface area contributed by atoms with E-state index < -0.39 is 47.4 Å². The Balaban J connectivity index is 3.22. The average Bonchev–Trinajstić information content (AvgIpc) is 2.24. The molecule has 1 unspecified atom stereocenters. The molecule has 0 spiro atoms. The number of nitrogens with one attached hydrogen (secondary N) is 1. The fourth-order valence-corrected chi connectivity index (χ4v) is 2.40. The van der Waals surface area contributed by atoms with Crippen molar-refractivity contribution in [2.75, 3.05) is 11.6 Å². The summed E-state index contributed by atoms with van der Waals surface area (Å²) < 4.78 is 58.2. The second kappa shape index (κ2) is 5.46. The van der Waals surface area contributed by atoms with E-state index in [-0.39, 0.29) is 0 Å². The number of benzene rings is 1. The lowest BCUT2D eigenvalue weighted by Crippen LogP contribution is -2.32. The van der Waals surface area contributed by atoms with E-state index in [1.54, 1.807) is 0 Å². The van der Waals surface area contributed by atoms with Gasteiger partial charge in [0.2, 0.25) is 15.9 Å². The van der Waals surface area contributed by atoms with Crippen molar-refractivity contribution >= 4 is 31.5 Å². The van der Waals surface area contributed by atoms with Crippen LogP contribution in [0.3, 0.4) is 0 Å². The van der Waals surface area contributed by atoms with Gasteiger partial charge in [0.25, 0.3) is 0 Å². The molecule has 10 heteroatoms. The first-order valence-electron chi connectivity index (χ1n) is 5.25. The summed E-state index contributed by atoms with van der Waals surface area (Å²) in [5.74, 6) is -1.79. The number of sulfonamides is 1. The van der Waals surface area contributed by atoms with Crippen molar-refractivity contribution in [1.82, 2.24) is 0 Å². The highest BCUT2D eigenvalue weighted by Gasteiger charge is 2.25. The fraction of sp³-hybridized carbons (Fsp3) is 0.300. The van der Waals surface area contributed by atoms with Gasteiger partial charge < -0.3 is 5.32 Å². The Kier molecular flexibility index (Phi) is 4.52. The quantitative estimate of drug-likeness (QED) is 0.797. The first-order chi connectivity index (χ1) is 8.93. The molecule has 0 aliphatic heterocycles. The Labute approximate surface area is 115 Å². The summed E-state index contributed by atoms with van der Waals surface area (Å²) in [7, 11) is -7.85. The van der Waals surface area contributed by atoms with Crippen LogP contribution in [0.25, 0.3) is 0 Å². The lowest BCUT2D eigenvalue weighted by molar-refractivity contribution is -0.115. The molecule has 3 N–H and O–H groups in total. The molecule has 0 radical (unpaired) electrons. The van der Waals surface area contributed by atoms with Crippen LogP contribution in [-0.4, -0.2) is 34.2 Å².